The molecule has 1 aliphatic rings. The number of amides is 1. The zero-order chi connectivity index (χ0) is 16.2. The Bertz CT molecular complexity index is 642. The molecule has 2 heterocycles. The van der Waals surface area contributed by atoms with Crippen LogP contribution in [0.25, 0.3) is 5.69 Å². The van der Waals surface area contributed by atoms with Crippen LogP contribution in [-0.2, 0) is 11.2 Å². The van der Waals surface area contributed by atoms with Crippen LogP contribution in [0.15, 0.2) is 42.7 Å². The topological polar surface area (TPSA) is 64.2 Å². The van der Waals surface area contributed by atoms with Crippen molar-refractivity contribution in [3.8, 4) is 5.69 Å². The highest BCUT2D eigenvalue weighted by Crippen LogP contribution is 2.20. The van der Waals surface area contributed by atoms with Gasteiger partial charge < -0.3 is 10.6 Å². The number of hydrogen-bond acceptors (Lipinski definition) is 3. The minimum Gasteiger partial charge on any atom is -0.342 e. The van der Waals surface area contributed by atoms with Gasteiger partial charge in [-0.25, -0.2) is 4.68 Å². The molecule has 1 aromatic carbocycles. The number of carbonyl (C=O) groups is 1. The molecular weight excluding hydrogens is 288 g/mol. The highest BCUT2D eigenvalue weighted by molar-refractivity contribution is 5.78. The van der Waals surface area contributed by atoms with Crippen LogP contribution in [0.1, 0.15) is 25.3 Å². The molecule has 3 rings (SSSR count). The maximum atomic E-state index is 12.4. The number of aromatic nitrogens is 2. The first kappa shape index (κ1) is 15.7. The summed E-state index contributed by atoms with van der Waals surface area (Å²) in [6.07, 6.45) is 6.14. The van der Waals surface area contributed by atoms with Gasteiger partial charge in [-0.2, -0.15) is 5.10 Å². The minimum absolute atomic E-state index is 0.181. The van der Waals surface area contributed by atoms with Crippen molar-refractivity contribution in [2.24, 2.45) is 11.7 Å². The van der Waals surface area contributed by atoms with Gasteiger partial charge in [-0.1, -0.05) is 18.2 Å². The van der Waals surface area contributed by atoms with Gasteiger partial charge in [0.05, 0.1) is 18.3 Å². The summed E-state index contributed by atoms with van der Waals surface area (Å²) in [6, 6.07) is 10.1. The summed E-state index contributed by atoms with van der Waals surface area (Å²) < 4.78 is 1.81. The Morgan fingerprint density at radius 1 is 1.30 bits per heavy atom. The molecule has 2 N–H and O–H groups in total. The Kier molecular flexibility index (Phi) is 4.76. The second kappa shape index (κ2) is 6.96. The third-order valence-corrected chi connectivity index (χ3v) is 4.65. The largest absolute Gasteiger partial charge is 0.342 e. The van der Waals surface area contributed by atoms with Crippen LogP contribution in [0.2, 0.25) is 0 Å². The van der Waals surface area contributed by atoms with Gasteiger partial charge in [0.15, 0.2) is 0 Å². The molecule has 2 aromatic rings. The first-order chi connectivity index (χ1) is 11.1. The van der Waals surface area contributed by atoms with E-state index in [-0.39, 0.29) is 11.9 Å². The number of carbonyl (C=O) groups excluding carboxylic acids is 1. The fourth-order valence-electron chi connectivity index (χ4n) is 3.13. The van der Waals surface area contributed by atoms with Crippen molar-refractivity contribution in [2.45, 2.75) is 32.2 Å². The number of nitrogens with zero attached hydrogens (tertiary/aromatic N) is 3. The van der Waals surface area contributed by atoms with E-state index in [0.717, 1.165) is 37.2 Å². The lowest BCUT2D eigenvalue weighted by molar-refractivity contribution is -0.131. The summed E-state index contributed by atoms with van der Waals surface area (Å²) in [5, 5.41) is 4.35. The molecule has 1 saturated heterocycles. The Morgan fingerprint density at radius 3 is 2.65 bits per heavy atom. The summed E-state index contributed by atoms with van der Waals surface area (Å²) in [4.78, 5) is 14.4. The molecule has 1 unspecified atom stereocenters. The second-order valence-electron chi connectivity index (χ2n) is 6.38. The highest BCUT2D eigenvalue weighted by atomic mass is 16.2. The first-order valence-corrected chi connectivity index (χ1v) is 8.26. The Morgan fingerprint density at radius 2 is 2.00 bits per heavy atom. The third kappa shape index (κ3) is 3.79. The predicted molar refractivity (Wildman–Crippen MR) is 90.2 cm³/mol. The zero-order valence-electron chi connectivity index (χ0n) is 13.6. The molecule has 1 fully saturated rings. The van der Waals surface area contributed by atoms with E-state index in [0.29, 0.717) is 12.3 Å². The van der Waals surface area contributed by atoms with E-state index in [2.05, 4.69) is 12.0 Å². The highest BCUT2D eigenvalue weighted by Gasteiger charge is 2.24. The monoisotopic (exact) mass is 312 g/mol. The van der Waals surface area contributed by atoms with Crippen molar-refractivity contribution in [3.63, 3.8) is 0 Å². The normalized spacial score (nSPS) is 17.2. The molecule has 5 heteroatoms. The van der Waals surface area contributed by atoms with Crippen LogP contribution in [0.4, 0.5) is 0 Å². The first-order valence-electron chi connectivity index (χ1n) is 8.26. The number of hydrogen-bond donors (Lipinski definition) is 1. The van der Waals surface area contributed by atoms with Crippen LogP contribution >= 0.6 is 0 Å². The van der Waals surface area contributed by atoms with Crippen molar-refractivity contribution in [1.29, 1.82) is 0 Å². The van der Waals surface area contributed by atoms with Crippen molar-refractivity contribution < 1.29 is 4.79 Å². The second-order valence-corrected chi connectivity index (χ2v) is 6.38. The van der Waals surface area contributed by atoms with Crippen molar-refractivity contribution in [3.05, 3.63) is 48.3 Å². The number of para-hydroxylation sites is 1. The number of likely N-dealkylation sites (tertiary alicyclic amines) is 1. The van der Waals surface area contributed by atoms with Gasteiger partial charge in [0.2, 0.25) is 5.91 Å². The summed E-state index contributed by atoms with van der Waals surface area (Å²) >= 11 is 0. The Hall–Kier alpha value is -2.14. The minimum atomic E-state index is 0.181. The van der Waals surface area contributed by atoms with Crippen molar-refractivity contribution >= 4 is 5.91 Å². The molecule has 1 amide bonds. The molecule has 1 aromatic heterocycles. The molecule has 122 valence electrons. The van der Waals surface area contributed by atoms with Crippen molar-refractivity contribution in [2.75, 3.05) is 13.1 Å². The summed E-state index contributed by atoms with van der Waals surface area (Å²) in [5.74, 6) is 0.723. The van der Waals surface area contributed by atoms with Gasteiger partial charge >= 0.3 is 0 Å². The average Bonchev–Trinajstić information content (AvgIpc) is 3.04. The molecule has 0 aliphatic carbocycles. The molecule has 0 bridgehead atoms. The molecule has 0 radical (unpaired) electrons. The van der Waals surface area contributed by atoms with Gasteiger partial charge in [0.1, 0.15) is 0 Å². The van der Waals surface area contributed by atoms with Crippen LogP contribution in [-0.4, -0.2) is 39.7 Å². The standard InChI is InChI=1S/C18H24N4O/c1-14(19)16-7-9-21(10-8-16)18(23)11-15-12-20-22(13-15)17-5-3-2-4-6-17/h2-6,12-14,16H,7-11,19H2,1H3. The molecule has 1 atom stereocenters. The van der Waals surface area contributed by atoms with Crippen LogP contribution < -0.4 is 5.73 Å². The van der Waals surface area contributed by atoms with Crippen LogP contribution in [0.5, 0.6) is 0 Å². The fraction of sp³-hybridized carbons (Fsp3) is 0.444. The lowest BCUT2D eigenvalue weighted by atomic mass is 9.91. The van der Waals surface area contributed by atoms with E-state index in [4.69, 9.17) is 5.73 Å². The predicted octanol–water partition coefficient (Wildman–Crippen LogP) is 2.00. The van der Waals surface area contributed by atoms with Crippen LogP contribution in [0.3, 0.4) is 0 Å². The third-order valence-electron chi connectivity index (χ3n) is 4.65. The van der Waals surface area contributed by atoms with E-state index in [1.807, 2.05) is 46.1 Å². The average molecular weight is 312 g/mol. The van der Waals surface area contributed by atoms with Gasteiger partial charge in [0.25, 0.3) is 0 Å². The molecule has 0 saturated carbocycles. The molecule has 5 nitrogen and oxygen atoms in total. The van der Waals surface area contributed by atoms with Gasteiger partial charge in [-0.3, -0.25) is 4.79 Å². The number of benzene rings is 1. The molecule has 23 heavy (non-hydrogen) atoms. The molecule has 0 spiro atoms. The van der Waals surface area contributed by atoms with E-state index in [1.54, 1.807) is 6.20 Å². The van der Waals surface area contributed by atoms with Crippen LogP contribution in [0, 0.1) is 5.92 Å². The van der Waals surface area contributed by atoms with Crippen molar-refractivity contribution in [1.82, 2.24) is 14.7 Å². The smallest absolute Gasteiger partial charge is 0.227 e. The molecule has 1 aliphatic heterocycles. The fourth-order valence-corrected chi connectivity index (χ4v) is 3.13. The number of nitrogens with two attached hydrogens (primary N) is 1. The van der Waals surface area contributed by atoms with Gasteiger partial charge in [-0.15, -0.1) is 0 Å². The quantitative estimate of drug-likeness (QED) is 0.939. The maximum absolute atomic E-state index is 12.4. The maximum Gasteiger partial charge on any atom is 0.227 e. The lowest BCUT2D eigenvalue weighted by Gasteiger charge is -2.33. The van der Waals surface area contributed by atoms with E-state index in [9.17, 15) is 4.79 Å². The van der Waals surface area contributed by atoms with E-state index in [1.165, 1.54) is 0 Å². The summed E-state index contributed by atoms with van der Waals surface area (Å²) in [6.45, 7) is 3.69. The summed E-state index contributed by atoms with van der Waals surface area (Å²) in [5.41, 5.74) is 7.91. The van der Waals surface area contributed by atoms with Gasteiger partial charge in [-0.05, 0) is 43.4 Å². The number of rotatable bonds is 4. The lowest BCUT2D eigenvalue weighted by Crippen LogP contribution is -2.43. The Labute approximate surface area is 137 Å². The van der Waals surface area contributed by atoms with E-state index < -0.39 is 0 Å². The Balaban J connectivity index is 1.58. The zero-order valence-corrected chi connectivity index (χ0v) is 13.6. The van der Waals surface area contributed by atoms with Gasteiger partial charge in [0, 0.05) is 25.3 Å². The molecular formula is C18H24N4O. The van der Waals surface area contributed by atoms with E-state index >= 15 is 0 Å². The SMILES string of the molecule is CC(N)C1CCN(C(=O)Cc2cnn(-c3ccccc3)c2)CC1. The summed E-state index contributed by atoms with van der Waals surface area (Å²) in [7, 11) is 0. The number of piperidine rings is 1.